The molecule has 0 unspecified atom stereocenters. The number of aromatic nitrogens is 2. The maximum Gasteiger partial charge on any atom is 0.190 e. The standard InChI is InChI=1S/C12H19N3O/c1-6-15-10(3)12(9(2)13-15)11(16)7-8-14(4)5/h7-8H,6H2,1-5H3/b8-7+. The quantitative estimate of drug-likeness (QED) is 0.574. The van der Waals surface area contributed by atoms with Gasteiger partial charge in [-0.05, 0) is 20.8 Å². The monoisotopic (exact) mass is 221 g/mol. The van der Waals surface area contributed by atoms with Gasteiger partial charge < -0.3 is 4.90 Å². The Morgan fingerprint density at radius 3 is 2.50 bits per heavy atom. The van der Waals surface area contributed by atoms with Crippen LogP contribution in [0.2, 0.25) is 0 Å². The molecule has 16 heavy (non-hydrogen) atoms. The van der Waals surface area contributed by atoms with E-state index in [-0.39, 0.29) is 5.78 Å². The molecule has 0 aromatic carbocycles. The van der Waals surface area contributed by atoms with Crippen molar-refractivity contribution in [1.29, 1.82) is 0 Å². The normalized spacial score (nSPS) is 11.1. The van der Waals surface area contributed by atoms with E-state index in [2.05, 4.69) is 5.10 Å². The first-order valence-electron chi connectivity index (χ1n) is 5.40. The molecule has 1 heterocycles. The van der Waals surface area contributed by atoms with Crippen molar-refractivity contribution < 1.29 is 4.79 Å². The predicted molar refractivity (Wildman–Crippen MR) is 64.5 cm³/mol. The highest BCUT2D eigenvalue weighted by Gasteiger charge is 2.15. The van der Waals surface area contributed by atoms with Crippen molar-refractivity contribution in [3.05, 3.63) is 29.2 Å². The average molecular weight is 221 g/mol. The van der Waals surface area contributed by atoms with Crippen LogP contribution in [0.5, 0.6) is 0 Å². The molecule has 0 aliphatic carbocycles. The Morgan fingerprint density at radius 1 is 1.44 bits per heavy atom. The number of hydrogen-bond donors (Lipinski definition) is 0. The fraction of sp³-hybridized carbons (Fsp3) is 0.500. The molecular formula is C12H19N3O. The van der Waals surface area contributed by atoms with Crippen LogP contribution in [0.1, 0.15) is 28.7 Å². The maximum absolute atomic E-state index is 12.0. The van der Waals surface area contributed by atoms with Crippen molar-refractivity contribution in [2.75, 3.05) is 14.1 Å². The molecule has 0 saturated carbocycles. The fourth-order valence-electron chi connectivity index (χ4n) is 1.66. The molecule has 0 fully saturated rings. The van der Waals surface area contributed by atoms with Crippen molar-refractivity contribution in [2.24, 2.45) is 0 Å². The van der Waals surface area contributed by atoms with Crippen LogP contribution in [-0.2, 0) is 6.54 Å². The second-order valence-corrected chi connectivity index (χ2v) is 4.01. The first-order valence-corrected chi connectivity index (χ1v) is 5.40. The highest BCUT2D eigenvalue weighted by Crippen LogP contribution is 2.14. The summed E-state index contributed by atoms with van der Waals surface area (Å²) in [5.74, 6) is 0.0170. The number of rotatable bonds is 4. The number of nitrogens with zero attached hydrogens (tertiary/aromatic N) is 3. The van der Waals surface area contributed by atoms with Gasteiger partial charge in [-0.2, -0.15) is 5.10 Å². The topological polar surface area (TPSA) is 38.1 Å². The lowest BCUT2D eigenvalue weighted by Gasteiger charge is -2.03. The summed E-state index contributed by atoms with van der Waals surface area (Å²) in [6, 6.07) is 0. The molecule has 0 aliphatic rings. The van der Waals surface area contributed by atoms with Gasteiger partial charge in [-0.15, -0.1) is 0 Å². The lowest BCUT2D eigenvalue weighted by molar-refractivity contribution is 0.104. The van der Waals surface area contributed by atoms with Crippen LogP contribution < -0.4 is 0 Å². The lowest BCUT2D eigenvalue weighted by Crippen LogP contribution is -2.05. The van der Waals surface area contributed by atoms with E-state index in [1.54, 1.807) is 12.3 Å². The molecule has 1 rings (SSSR count). The van der Waals surface area contributed by atoms with Crippen molar-refractivity contribution in [3.63, 3.8) is 0 Å². The molecule has 88 valence electrons. The minimum absolute atomic E-state index is 0.0170. The summed E-state index contributed by atoms with van der Waals surface area (Å²) in [6.07, 6.45) is 3.33. The zero-order valence-corrected chi connectivity index (χ0v) is 10.6. The minimum Gasteiger partial charge on any atom is -0.383 e. The Hall–Kier alpha value is -1.58. The third kappa shape index (κ3) is 2.51. The van der Waals surface area contributed by atoms with Crippen molar-refractivity contribution >= 4 is 5.78 Å². The van der Waals surface area contributed by atoms with Gasteiger partial charge in [0.25, 0.3) is 0 Å². The number of allylic oxidation sites excluding steroid dienone is 1. The summed E-state index contributed by atoms with van der Waals surface area (Å²) in [4.78, 5) is 13.8. The van der Waals surface area contributed by atoms with Crippen LogP contribution in [0.15, 0.2) is 12.3 Å². The molecule has 0 radical (unpaired) electrons. The van der Waals surface area contributed by atoms with Crippen molar-refractivity contribution in [3.8, 4) is 0 Å². The summed E-state index contributed by atoms with van der Waals surface area (Å²) in [5, 5.41) is 4.33. The van der Waals surface area contributed by atoms with Crippen LogP contribution >= 0.6 is 0 Å². The SMILES string of the molecule is CCn1nc(C)c(C(=O)/C=C/N(C)C)c1C. The van der Waals surface area contributed by atoms with E-state index in [0.29, 0.717) is 0 Å². The third-order valence-electron chi connectivity index (χ3n) is 2.45. The van der Waals surface area contributed by atoms with Gasteiger partial charge in [0.2, 0.25) is 0 Å². The second-order valence-electron chi connectivity index (χ2n) is 4.01. The Morgan fingerprint density at radius 2 is 2.06 bits per heavy atom. The predicted octanol–water partition coefficient (Wildman–Crippen LogP) is 1.78. The average Bonchev–Trinajstić information content (AvgIpc) is 2.50. The van der Waals surface area contributed by atoms with Crippen molar-refractivity contribution in [1.82, 2.24) is 14.7 Å². The molecule has 0 spiro atoms. The lowest BCUT2D eigenvalue weighted by atomic mass is 10.1. The number of ketones is 1. The van der Waals surface area contributed by atoms with Crippen LogP contribution in [-0.4, -0.2) is 34.6 Å². The molecule has 0 N–H and O–H groups in total. The Kier molecular flexibility index (Phi) is 3.88. The second kappa shape index (κ2) is 4.96. The smallest absolute Gasteiger partial charge is 0.190 e. The molecule has 0 bridgehead atoms. The van der Waals surface area contributed by atoms with E-state index < -0.39 is 0 Å². The van der Waals surface area contributed by atoms with Crippen LogP contribution in [0.4, 0.5) is 0 Å². The molecular weight excluding hydrogens is 202 g/mol. The van der Waals surface area contributed by atoms with Gasteiger partial charge in [0.05, 0.1) is 11.3 Å². The molecule has 0 atom stereocenters. The number of hydrogen-bond acceptors (Lipinski definition) is 3. The first kappa shape index (κ1) is 12.5. The van der Waals surface area contributed by atoms with E-state index in [1.165, 1.54) is 0 Å². The van der Waals surface area contributed by atoms with Crippen molar-refractivity contribution in [2.45, 2.75) is 27.3 Å². The van der Waals surface area contributed by atoms with Gasteiger partial charge in [0.15, 0.2) is 5.78 Å². The van der Waals surface area contributed by atoms with E-state index in [4.69, 9.17) is 0 Å². The van der Waals surface area contributed by atoms with Gasteiger partial charge in [-0.25, -0.2) is 0 Å². The zero-order chi connectivity index (χ0) is 12.3. The molecule has 1 aromatic heterocycles. The summed E-state index contributed by atoms with van der Waals surface area (Å²) in [7, 11) is 3.78. The van der Waals surface area contributed by atoms with Gasteiger partial charge >= 0.3 is 0 Å². The molecule has 0 aliphatic heterocycles. The van der Waals surface area contributed by atoms with Gasteiger partial charge in [-0.1, -0.05) is 0 Å². The van der Waals surface area contributed by atoms with Crippen LogP contribution in [0.3, 0.4) is 0 Å². The minimum atomic E-state index is 0.0170. The largest absolute Gasteiger partial charge is 0.383 e. The summed E-state index contributed by atoms with van der Waals surface area (Å²) in [5.41, 5.74) is 2.46. The van der Waals surface area contributed by atoms with E-state index >= 15 is 0 Å². The number of carbonyl (C=O) groups excluding carboxylic acids is 1. The van der Waals surface area contributed by atoms with Gasteiger partial charge in [-0.3, -0.25) is 9.48 Å². The Balaban J connectivity index is 3.04. The van der Waals surface area contributed by atoms with Crippen LogP contribution in [0.25, 0.3) is 0 Å². The summed E-state index contributed by atoms with van der Waals surface area (Å²) in [6.45, 7) is 6.61. The van der Waals surface area contributed by atoms with Gasteiger partial charge in [0.1, 0.15) is 0 Å². The number of carbonyl (C=O) groups is 1. The number of aryl methyl sites for hydroxylation is 2. The fourth-order valence-corrected chi connectivity index (χ4v) is 1.66. The van der Waals surface area contributed by atoms with Gasteiger partial charge in [0, 0.05) is 38.6 Å². The molecule has 0 saturated heterocycles. The highest BCUT2D eigenvalue weighted by atomic mass is 16.1. The van der Waals surface area contributed by atoms with E-state index in [0.717, 1.165) is 23.5 Å². The Bertz CT molecular complexity index is 416. The summed E-state index contributed by atoms with van der Waals surface area (Å²) < 4.78 is 1.85. The van der Waals surface area contributed by atoms with E-state index in [9.17, 15) is 4.79 Å². The maximum atomic E-state index is 12.0. The third-order valence-corrected chi connectivity index (χ3v) is 2.45. The Labute approximate surface area is 96.6 Å². The zero-order valence-electron chi connectivity index (χ0n) is 10.6. The van der Waals surface area contributed by atoms with Crippen LogP contribution in [0, 0.1) is 13.8 Å². The highest BCUT2D eigenvalue weighted by molar-refractivity contribution is 6.06. The molecule has 4 nitrogen and oxygen atoms in total. The molecule has 1 aromatic rings. The molecule has 0 amide bonds. The first-order chi connectivity index (χ1) is 7.47. The summed E-state index contributed by atoms with van der Waals surface area (Å²) >= 11 is 0. The molecule has 4 heteroatoms. The van der Waals surface area contributed by atoms with E-state index in [1.807, 2.05) is 44.4 Å².